The fraction of sp³-hybridized carbons (Fsp3) is 0.238. The first-order valence-electron chi connectivity index (χ1n) is 8.82. The Bertz CT molecular complexity index is 881. The smallest absolute Gasteiger partial charge is 0.101 e. The summed E-state index contributed by atoms with van der Waals surface area (Å²) in [5, 5.41) is 4.81. The van der Waals surface area contributed by atoms with Gasteiger partial charge in [-0.3, -0.25) is 4.99 Å². The van der Waals surface area contributed by atoms with Gasteiger partial charge in [0.05, 0.1) is 18.3 Å². The summed E-state index contributed by atoms with van der Waals surface area (Å²) in [5.41, 5.74) is 4.04. The van der Waals surface area contributed by atoms with E-state index >= 15 is 0 Å². The van der Waals surface area contributed by atoms with E-state index in [4.69, 9.17) is 9.84 Å². The van der Waals surface area contributed by atoms with Gasteiger partial charge in [-0.15, -0.1) is 0 Å². The minimum absolute atomic E-state index is 0.256. The van der Waals surface area contributed by atoms with Crippen molar-refractivity contribution >= 4 is 22.1 Å². The molecule has 0 saturated carbocycles. The van der Waals surface area contributed by atoms with Gasteiger partial charge in [0.2, 0.25) is 0 Å². The number of halogens is 1. The van der Waals surface area contributed by atoms with Crippen LogP contribution in [-0.2, 0) is 4.74 Å². The van der Waals surface area contributed by atoms with E-state index in [9.17, 15) is 0 Å². The largest absolute Gasteiger partial charge is 0.376 e. The first-order chi connectivity index (χ1) is 12.8. The van der Waals surface area contributed by atoms with Crippen LogP contribution in [0, 0.1) is 0 Å². The summed E-state index contributed by atoms with van der Waals surface area (Å²) >= 11 is 3.49. The summed E-state index contributed by atoms with van der Waals surface area (Å²) in [7, 11) is 0. The van der Waals surface area contributed by atoms with E-state index in [1.807, 2.05) is 59.6 Å². The third-order valence-electron chi connectivity index (χ3n) is 4.44. The normalized spacial score (nSPS) is 17.2. The molecule has 4 rings (SSSR count). The molecule has 26 heavy (non-hydrogen) atoms. The summed E-state index contributed by atoms with van der Waals surface area (Å²) in [6, 6.07) is 18.3. The molecule has 3 aromatic rings. The Hall–Kier alpha value is -2.24. The number of nitrogens with zero attached hydrogens (tertiary/aromatic N) is 3. The van der Waals surface area contributed by atoms with Crippen molar-refractivity contribution in [2.45, 2.75) is 18.9 Å². The van der Waals surface area contributed by atoms with Crippen LogP contribution in [0.5, 0.6) is 0 Å². The van der Waals surface area contributed by atoms with Crippen molar-refractivity contribution in [2.75, 3.05) is 13.2 Å². The highest BCUT2D eigenvalue weighted by atomic mass is 79.9. The van der Waals surface area contributed by atoms with E-state index in [0.717, 1.165) is 46.4 Å². The standard InChI is InChI=1S/C21H20BrN3O/c22-18-10-8-16(9-11-18)21-17(13-23-14-20-7-4-12-26-20)15-25(24-21)19-5-2-1-3-6-19/h1-3,5-6,8-11,13,15,20H,4,7,12,14H2/t20-/m1/s1. The quantitative estimate of drug-likeness (QED) is 0.562. The molecule has 132 valence electrons. The molecule has 2 aromatic carbocycles. The van der Waals surface area contributed by atoms with E-state index in [1.165, 1.54) is 0 Å². The maximum atomic E-state index is 5.65. The molecule has 1 aromatic heterocycles. The van der Waals surface area contributed by atoms with E-state index in [-0.39, 0.29) is 6.10 Å². The van der Waals surface area contributed by atoms with Gasteiger partial charge in [0.25, 0.3) is 0 Å². The van der Waals surface area contributed by atoms with Crippen LogP contribution < -0.4 is 0 Å². The minimum atomic E-state index is 0.256. The lowest BCUT2D eigenvalue weighted by Gasteiger charge is -2.04. The van der Waals surface area contributed by atoms with Crippen molar-refractivity contribution in [1.82, 2.24) is 9.78 Å². The second kappa shape index (κ2) is 7.98. The molecule has 1 aliphatic heterocycles. The lowest BCUT2D eigenvalue weighted by Crippen LogP contribution is -2.08. The van der Waals surface area contributed by atoms with Gasteiger partial charge in [-0.05, 0) is 37.1 Å². The Labute approximate surface area is 161 Å². The average Bonchev–Trinajstić information content (AvgIpc) is 3.33. The van der Waals surface area contributed by atoms with Crippen LogP contribution in [-0.4, -0.2) is 35.3 Å². The molecule has 0 unspecified atom stereocenters. The Morgan fingerprint density at radius 3 is 2.69 bits per heavy atom. The molecule has 0 N–H and O–H groups in total. The number of ether oxygens (including phenoxy) is 1. The van der Waals surface area contributed by atoms with Crippen LogP contribution in [0.2, 0.25) is 0 Å². The fourth-order valence-electron chi connectivity index (χ4n) is 3.08. The number of aromatic nitrogens is 2. The van der Waals surface area contributed by atoms with E-state index in [0.29, 0.717) is 6.54 Å². The minimum Gasteiger partial charge on any atom is -0.376 e. The number of hydrogen-bond acceptors (Lipinski definition) is 3. The third kappa shape index (κ3) is 3.94. The highest BCUT2D eigenvalue weighted by molar-refractivity contribution is 9.10. The molecule has 1 saturated heterocycles. The zero-order valence-corrected chi connectivity index (χ0v) is 16.0. The number of rotatable bonds is 5. The molecule has 0 spiro atoms. The van der Waals surface area contributed by atoms with E-state index < -0.39 is 0 Å². The number of hydrogen-bond donors (Lipinski definition) is 0. The van der Waals surface area contributed by atoms with Gasteiger partial charge in [0, 0.05) is 34.6 Å². The first-order valence-corrected chi connectivity index (χ1v) is 9.61. The predicted octanol–water partition coefficient (Wildman–Crippen LogP) is 4.90. The Kier molecular flexibility index (Phi) is 5.27. The van der Waals surface area contributed by atoms with Gasteiger partial charge in [0.15, 0.2) is 0 Å². The first kappa shape index (κ1) is 17.2. The fourth-order valence-corrected chi connectivity index (χ4v) is 3.35. The summed E-state index contributed by atoms with van der Waals surface area (Å²) in [4.78, 5) is 4.62. The van der Waals surface area contributed by atoms with E-state index in [2.05, 4.69) is 33.1 Å². The summed E-state index contributed by atoms with van der Waals surface area (Å²) in [6.45, 7) is 1.56. The Morgan fingerprint density at radius 1 is 1.15 bits per heavy atom. The van der Waals surface area contributed by atoms with Gasteiger partial charge < -0.3 is 4.74 Å². The Balaban J connectivity index is 1.66. The van der Waals surface area contributed by atoms with E-state index in [1.54, 1.807) is 0 Å². The van der Waals surface area contributed by atoms with Gasteiger partial charge >= 0.3 is 0 Å². The zero-order chi connectivity index (χ0) is 17.8. The summed E-state index contributed by atoms with van der Waals surface area (Å²) in [6.07, 6.45) is 6.44. The molecule has 5 heteroatoms. The molecule has 2 heterocycles. The van der Waals surface area contributed by atoms with Crippen LogP contribution in [0.25, 0.3) is 16.9 Å². The lowest BCUT2D eigenvalue weighted by molar-refractivity contribution is 0.118. The van der Waals surface area contributed by atoms with Crippen molar-refractivity contribution in [3.63, 3.8) is 0 Å². The molecule has 0 radical (unpaired) electrons. The van der Waals surface area contributed by atoms with Crippen molar-refractivity contribution in [1.29, 1.82) is 0 Å². The van der Waals surface area contributed by atoms with Crippen LogP contribution >= 0.6 is 15.9 Å². The molecule has 1 fully saturated rings. The summed E-state index contributed by atoms with van der Waals surface area (Å²) < 4.78 is 8.61. The molecule has 1 atom stereocenters. The second-order valence-electron chi connectivity index (χ2n) is 6.35. The molecule has 1 aliphatic rings. The molecule has 0 amide bonds. The maximum Gasteiger partial charge on any atom is 0.101 e. The molecule has 0 aliphatic carbocycles. The Morgan fingerprint density at radius 2 is 1.96 bits per heavy atom. The van der Waals surface area contributed by atoms with Gasteiger partial charge in [-0.25, -0.2) is 4.68 Å². The monoisotopic (exact) mass is 409 g/mol. The van der Waals surface area contributed by atoms with Gasteiger partial charge in [-0.2, -0.15) is 5.10 Å². The van der Waals surface area contributed by atoms with Crippen molar-refractivity contribution in [3.8, 4) is 16.9 Å². The molecule has 0 bridgehead atoms. The number of aliphatic imine (C=N–C) groups is 1. The van der Waals surface area contributed by atoms with Crippen molar-refractivity contribution < 1.29 is 4.74 Å². The van der Waals surface area contributed by atoms with Gasteiger partial charge in [-0.1, -0.05) is 46.3 Å². The second-order valence-corrected chi connectivity index (χ2v) is 7.27. The summed E-state index contributed by atoms with van der Waals surface area (Å²) in [5.74, 6) is 0. The average molecular weight is 410 g/mol. The van der Waals surface area contributed by atoms with Gasteiger partial charge in [0.1, 0.15) is 5.69 Å². The van der Waals surface area contributed by atoms with Crippen LogP contribution in [0.4, 0.5) is 0 Å². The van der Waals surface area contributed by atoms with Crippen molar-refractivity contribution in [2.24, 2.45) is 4.99 Å². The lowest BCUT2D eigenvalue weighted by atomic mass is 10.1. The highest BCUT2D eigenvalue weighted by Crippen LogP contribution is 2.24. The van der Waals surface area contributed by atoms with Crippen molar-refractivity contribution in [3.05, 3.63) is 70.8 Å². The van der Waals surface area contributed by atoms with Crippen LogP contribution in [0.15, 0.2) is 70.3 Å². The molecular formula is C21H20BrN3O. The SMILES string of the molecule is Brc1ccc(-c2nn(-c3ccccc3)cc2C=NC[C@H]2CCCO2)cc1. The number of benzene rings is 2. The van der Waals surface area contributed by atoms with Crippen LogP contribution in [0.1, 0.15) is 18.4 Å². The highest BCUT2D eigenvalue weighted by Gasteiger charge is 2.15. The third-order valence-corrected chi connectivity index (χ3v) is 4.97. The number of para-hydroxylation sites is 1. The molecule has 4 nitrogen and oxygen atoms in total. The predicted molar refractivity (Wildman–Crippen MR) is 108 cm³/mol. The van der Waals surface area contributed by atoms with Crippen LogP contribution in [0.3, 0.4) is 0 Å². The topological polar surface area (TPSA) is 39.4 Å². The molecular weight excluding hydrogens is 390 g/mol. The zero-order valence-electron chi connectivity index (χ0n) is 14.4. The maximum absolute atomic E-state index is 5.65.